The van der Waals surface area contributed by atoms with Crippen LogP contribution in [-0.2, 0) is 18.0 Å². The van der Waals surface area contributed by atoms with E-state index in [0.717, 1.165) is 28.0 Å². The molecule has 0 fully saturated rings. The lowest BCUT2D eigenvalue weighted by atomic mass is 9.97. The molecule has 17 heavy (non-hydrogen) atoms. The van der Waals surface area contributed by atoms with E-state index in [2.05, 4.69) is 5.16 Å². The normalized spacial score (nSPS) is 13.7. The summed E-state index contributed by atoms with van der Waals surface area (Å²) in [6.45, 7) is 1.18. The van der Waals surface area contributed by atoms with Crippen LogP contribution in [0, 0.1) is 0 Å². The number of fused-ring (bicyclic) bond motifs is 1. The number of rotatable bonds is 2. The standard InChI is InChI=1S/C12H12N2O3/c1-15-10-3-2-7-5-16-6-9(7)11(10)8-4-14-17-12(8)13/h2-4H,5-6,13H2,1H3. The van der Waals surface area contributed by atoms with E-state index in [1.54, 1.807) is 13.3 Å². The molecule has 0 aliphatic carbocycles. The number of benzene rings is 1. The fourth-order valence-electron chi connectivity index (χ4n) is 2.13. The molecule has 1 aromatic heterocycles. The number of nitrogens with zero attached hydrogens (tertiary/aromatic N) is 1. The summed E-state index contributed by atoms with van der Waals surface area (Å²) >= 11 is 0. The van der Waals surface area contributed by atoms with Crippen molar-refractivity contribution in [1.82, 2.24) is 5.16 Å². The van der Waals surface area contributed by atoms with E-state index in [1.807, 2.05) is 12.1 Å². The second-order valence-corrected chi connectivity index (χ2v) is 3.88. The first-order valence-corrected chi connectivity index (χ1v) is 5.28. The van der Waals surface area contributed by atoms with Gasteiger partial charge in [-0.15, -0.1) is 0 Å². The fourth-order valence-corrected chi connectivity index (χ4v) is 2.13. The predicted octanol–water partition coefficient (Wildman–Crippen LogP) is 1.96. The van der Waals surface area contributed by atoms with Crippen molar-refractivity contribution in [3.8, 4) is 16.9 Å². The number of ether oxygens (including phenoxy) is 2. The molecule has 1 aliphatic heterocycles. The molecule has 1 aromatic carbocycles. The molecule has 0 radical (unpaired) electrons. The molecule has 5 heteroatoms. The van der Waals surface area contributed by atoms with Crippen LogP contribution in [0.25, 0.3) is 11.1 Å². The van der Waals surface area contributed by atoms with Crippen LogP contribution in [0.1, 0.15) is 11.1 Å². The number of hydrogen-bond donors (Lipinski definition) is 1. The maximum absolute atomic E-state index is 5.76. The van der Waals surface area contributed by atoms with Crippen molar-refractivity contribution >= 4 is 5.88 Å². The van der Waals surface area contributed by atoms with E-state index in [-0.39, 0.29) is 0 Å². The molecule has 0 amide bonds. The summed E-state index contributed by atoms with van der Waals surface area (Å²) in [5.41, 5.74) is 9.69. The Kier molecular flexibility index (Phi) is 2.26. The third-order valence-corrected chi connectivity index (χ3v) is 2.96. The summed E-state index contributed by atoms with van der Waals surface area (Å²) in [6, 6.07) is 3.92. The second-order valence-electron chi connectivity index (χ2n) is 3.88. The zero-order chi connectivity index (χ0) is 11.8. The Labute approximate surface area is 98.1 Å². The van der Waals surface area contributed by atoms with Crippen LogP contribution >= 0.6 is 0 Å². The molecule has 2 aromatic rings. The first-order chi connectivity index (χ1) is 8.31. The molecule has 2 N–H and O–H groups in total. The average molecular weight is 232 g/mol. The third-order valence-electron chi connectivity index (χ3n) is 2.96. The molecule has 0 unspecified atom stereocenters. The Hall–Kier alpha value is -2.01. The molecule has 0 saturated heterocycles. The molecule has 88 valence electrons. The van der Waals surface area contributed by atoms with Crippen LogP contribution in [0.5, 0.6) is 5.75 Å². The SMILES string of the molecule is COc1ccc2c(c1-c1cnoc1N)COC2. The van der Waals surface area contributed by atoms with Gasteiger partial charge in [-0.3, -0.25) is 0 Å². The van der Waals surface area contributed by atoms with Crippen molar-refractivity contribution in [2.45, 2.75) is 13.2 Å². The van der Waals surface area contributed by atoms with Gasteiger partial charge in [-0.05, 0) is 17.2 Å². The third kappa shape index (κ3) is 1.47. The minimum Gasteiger partial charge on any atom is -0.496 e. The van der Waals surface area contributed by atoms with Crippen LogP contribution in [0.15, 0.2) is 22.9 Å². The van der Waals surface area contributed by atoms with Gasteiger partial charge in [0, 0.05) is 5.56 Å². The van der Waals surface area contributed by atoms with Crippen LogP contribution in [0.2, 0.25) is 0 Å². The van der Waals surface area contributed by atoms with E-state index in [0.29, 0.717) is 19.1 Å². The summed E-state index contributed by atoms with van der Waals surface area (Å²) in [5.74, 6) is 1.05. The Bertz CT molecular complexity index is 563. The molecular weight excluding hydrogens is 220 g/mol. The van der Waals surface area contributed by atoms with Crippen molar-refractivity contribution < 1.29 is 14.0 Å². The largest absolute Gasteiger partial charge is 0.496 e. The topological polar surface area (TPSA) is 70.5 Å². The summed E-state index contributed by atoms with van der Waals surface area (Å²) in [4.78, 5) is 0. The van der Waals surface area contributed by atoms with Gasteiger partial charge in [-0.2, -0.15) is 0 Å². The number of aromatic nitrogens is 1. The lowest BCUT2D eigenvalue weighted by Gasteiger charge is -2.11. The van der Waals surface area contributed by atoms with Gasteiger partial charge >= 0.3 is 0 Å². The van der Waals surface area contributed by atoms with Crippen LogP contribution in [-0.4, -0.2) is 12.3 Å². The summed E-state index contributed by atoms with van der Waals surface area (Å²) < 4.78 is 15.7. The minimum absolute atomic E-state index is 0.295. The summed E-state index contributed by atoms with van der Waals surface area (Å²) in [6.07, 6.45) is 1.60. The molecular formula is C12H12N2O3. The Morgan fingerprint density at radius 3 is 2.94 bits per heavy atom. The fraction of sp³-hybridized carbons (Fsp3) is 0.250. The number of nitrogen functional groups attached to an aromatic ring is 1. The number of nitrogens with two attached hydrogens (primary N) is 1. The lowest BCUT2D eigenvalue weighted by molar-refractivity contribution is 0.134. The lowest BCUT2D eigenvalue weighted by Crippen LogP contribution is -1.95. The minimum atomic E-state index is 0.295. The number of hydrogen-bond acceptors (Lipinski definition) is 5. The van der Waals surface area contributed by atoms with Gasteiger partial charge in [0.15, 0.2) is 0 Å². The van der Waals surface area contributed by atoms with Gasteiger partial charge in [0.2, 0.25) is 5.88 Å². The maximum Gasteiger partial charge on any atom is 0.230 e. The monoisotopic (exact) mass is 232 g/mol. The smallest absolute Gasteiger partial charge is 0.230 e. The van der Waals surface area contributed by atoms with E-state index < -0.39 is 0 Å². The highest BCUT2D eigenvalue weighted by atomic mass is 16.5. The highest BCUT2D eigenvalue weighted by molar-refractivity contribution is 5.81. The van der Waals surface area contributed by atoms with E-state index >= 15 is 0 Å². The summed E-state index contributed by atoms with van der Waals surface area (Å²) in [5, 5.41) is 3.70. The average Bonchev–Trinajstić information content (AvgIpc) is 2.96. The van der Waals surface area contributed by atoms with E-state index in [1.165, 1.54) is 0 Å². The summed E-state index contributed by atoms with van der Waals surface area (Å²) in [7, 11) is 1.63. The first kappa shape index (κ1) is 10.2. The van der Waals surface area contributed by atoms with Gasteiger partial charge in [0.25, 0.3) is 0 Å². The molecule has 0 spiro atoms. The maximum atomic E-state index is 5.76. The zero-order valence-corrected chi connectivity index (χ0v) is 9.40. The number of methoxy groups -OCH3 is 1. The van der Waals surface area contributed by atoms with E-state index in [4.69, 9.17) is 19.7 Å². The van der Waals surface area contributed by atoms with Crippen LogP contribution < -0.4 is 10.5 Å². The Morgan fingerprint density at radius 2 is 2.24 bits per heavy atom. The van der Waals surface area contributed by atoms with Gasteiger partial charge in [0.05, 0.1) is 32.1 Å². The van der Waals surface area contributed by atoms with Gasteiger partial charge in [-0.1, -0.05) is 11.2 Å². The van der Waals surface area contributed by atoms with Crippen molar-refractivity contribution in [3.63, 3.8) is 0 Å². The van der Waals surface area contributed by atoms with E-state index in [9.17, 15) is 0 Å². The van der Waals surface area contributed by atoms with Crippen LogP contribution in [0.3, 0.4) is 0 Å². The molecule has 0 saturated carbocycles. The highest BCUT2D eigenvalue weighted by Gasteiger charge is 2.23. The quantitative estimate of drug-likeness (QED) is 0.857. The van der Waals surface area contributed by atoms with Gasteiger partial charge in [0.1, 0.15) is 5.75 Å². The van der Waals surface area contributed by atoms with Crippen molar-refractivity contribution in [2.75, 3.05) is 12.8 Å². The Balaban J connectivity index is 2.27. The number of anilines is 1. The molecule has 1 aliphatic rings. The molecule has 3 rings (SSSR count). The molecule has 2 heterocycles. The second kappa shape index (κ2) is 3.78. The van der Waals surface area contributed by atoms with Crippen molar-refractivity contribution in [1.29, 1.82) is 0 Å². The van der Waals surface area contributed by atoms with Gasteiger partial charge in [-0.25, -0.2) is 0 Å². The van der Waals surface area contributed by atoms with Crippen LogP contribution in [0.4, 0.5) is 5.88 Å². The Morgan fingerprint density at radius 1 is 1.35 bits per heavy atom. The molecule has 5 nitrogen and oxygen atoms in total. The van der Waals surface area contributed by atoms with Gasteiger partial charge < -0.3 is 19.7 Å². The first-order valence-electron chi connectivity index (χ1n) is 5.28. The highest BCUT2D eigenvalue weighted by Crippen LogP contribution is 2.40. The van der Waals surface area contributed by atoms with Crippen molar-refractivity contribution in [3.05, 3.63) is 29.5 Å². The predicted molar refractivity (Wildman–Crippen MR) is 61.4 cm³/mol. The van der Waals surface area contributed by atoms with Crippen molar-refractivity contribution in [2.24, 2.45) is 0 Å². The molecule has 0 bridgehead atoms. The molecule has 0 atom stereocenters. The zero-order valence-electron chi connectivity index (χ0n) is 9.40.